The fourth-order valence-electron chi connectivity index (χ4n) is 2.06. The molecule has 2 rings (SSSR count). The van der Waals surface area contributed by atoms with Crippen LogP contribution in [0.25, 0.3) is 0 Å². The van der Waals surface area contributed by atoms with Gasteiger partial charge in [0, 0.05) is 18.2 Å². The van der Waals surface area contributed by atoms with Crippen LogP contribution in [-0.2, 0) is 13.0 Å². The van der Waals surface area contributed by atoms with E-state index in [-0.39, 0.29) is 5.82 Å². The zero-order chi connectivity index (χ0) is 15.2. The molecule has 2 aromatic carbocycles. The zero-order valence-corrected chi connectivity index (χ0v) is 12.8. The lowest BCUT2D eigenvalue weighted by Gasteiger charge is -2.14. The quantitative estimate of drug-likeness (QED) is 0.833. The molecule has 112 valence electrons. The number of halogens is 1. The lowest BCUT2D eigenvalue weighted by Crippen LogP contribution is -2.22. The number of aryl methyl sites for hydroxylation is 1. The van der Waals surface area contributed by atoms with Gasteiger partial charge < -0.3 is 10.1 Å². The summed E-state index contributed by atoms with van der Waals surface area (Å²) in [6.45, 7) is 6.81. The Labute approximate surface area is 126 Å². The van der Waals surface area contributed by atoms with Gasteiger partial charge in [-0.1, -0.05) is 32.9 Å². The summed E-state index contributed by atoms with van der Waals surface area (Å²) in [6.07, 6.45) is 0.961. The molecule has 0 radical (unpaired) electrons. The summed E-state index contributed by atoms with van der Waals surface area (Å²) in [6, 6.07) is 13.0. The summed E-state index contributed by atoms with van der Waals surface area (Å²) in [5, 5.41) is 3.29. The second-order valence-corrected chi connectivity index (χ2v) is 5.39. The van der Waals surface area contributed by atoms with E-state index < -0.39 is 0 Å². The number of hydrogen-bond donors (Lipinski definition) is 1. The van der Waals surface area contributed by atoms with Crippen LogP contribution in [0.3, 0.4) is 0 Å². The summed E-state index contributed by atoms with van der Waals surface area (Å²) >= 11 is 0. The molecule has 0 atom stereocenters. The van der Waals surface area contributed by atoms with Crippen LogP contribution in [0.4, 0.5) is 4.39 Å². The highest BCUT2D eigenvalue weighted by Gasteiger charge is 2.08. The maximum absolute atomic E-state index is 13.4. The first kappa shape index (κ1) is 15.5. The van der Waals surface area contributed by atoms with Gasteiger partial charge in [-0.3, -0.25) is 0 Å². The van der Waals surface area contributed by atoms with Gasteiger partial charge in [0.25, 0.3) is 0 Å². The van der Waals surface area contributed by atoms with Crippen LogP contribution < -0.4 is 10.1 Å². The second kappa shape index (κ2) is 7.23. The smallest absolute Gasteiger partial charge is 0.132 e. The van der Waals surface area contributed by atoms with E-state index in [4.69, 9.17) is 4.74 Å². The van der Waals surface area contributed by atoms with Gasteiger partial charge in [-0.05, 0) is 42.3 Å². The Balaban J connectivity index is 2.21. The molecular formula is C18H22FNO. The first-order valence-corrected chi connectivity index (χ1v) is 7.37. The molecule has 0 fully saturated rings. The largest absolute Gasteiger partial charge is 0.457 e. The highest BCUT2D eigenvalue weighted by Crippen LogP contribution is 2.27. The first-order valence-electron chi connectivity index (χ1n) is 7.37. The Morgan fingerprint density at radius 2 is 1.95 bits per heavy atom. The highest BCUT2D eigenvalue weighted by atomic mass is 19.1. The molecule has 0 amide bonds. The predicted octanol–water partition coefficient (Wildman–Crippen LogP) is 4.68. The molecule has 0 aromatic heterocycles. The van der Waals surface area contributed by atoms with Gasteiger partial charge in [0.15, 0.2) is 0 Å². The lowest BCUT2D eigenvalue weighted by molar-refractivity contribution is 0.466. The fraction of sp³-hybridized carbons (Fsp3) is 0.333. The second-order valence-electron chi connectivity index (χ2n) is 5.39. The Morgan fingerprint density at radius 1 is 1.14 bits per heavy atom. The Morgan fingerprint density at radius 3 is 2.67 bits per heavy atom. The van der Waals surface area contributed by atoms with Crippen LogP contribution in [0.2, 0.25) is 0 Å². The van der Waals surface area contributed by atoms with Crippen molar-refractivity contribution in [1.82, 2.24) is 5.32 Å². The van der Waals surface area contributed by atoms with Crippen molar-refractivity contribution in [1.29, 1.82) is 0 Å². The molecule has 2 nitrogen and oxygen atoms in total. The Kier molecular flexibility index (Phi) is 5.34. The monoisotopic (exact) mass is 287 g/mol. The molecule has 3 heteroatoms. The van der Waals surface area contributed by atoms with E-state index >= 15 is 0 Å². The normalized spacial score (nSPS) is 10.9. The molecular weight excluding hydrogens is 265 g/mol. The molecule has 0 aliphatic carbocycles. The van der Waals surface area contributed by atoms with Crippen LogP contribution in [0.1, 0.15) is 31.9 Å². The molecule has 1 N–H and O–H groups in total. The predicted molar refractivity (Wildman–Crippen MR) is 84.3 cm³/mol. The molecule has 0 aliphatic rings. The molecule has 0 heterocycles. The standard InChI is InChI=1S/C18H22FNO/c1-4-14-6-5-7-17(10-14)21-18-9-8-16(19)11-15(18)12-20-13(2)3/h5-11,13,20H,4,12H2,1-3H3. The Hall–Kier alpha value is -1.87. The van der Waals surface area contributed by atoms with Gasteiger partial charge in [0.2, 0.25) is 0 Å². The van der Waals surface area contributed by atoms with Crippen LogP contribution in [0.5, 0.6) is 11.5 Å². The van der Waals surface area contributed by atoms with Crippen molar-refractivity contribution in [2.75, 3.05) is 0 Å². The van der Waals surface area contributed by atoms with Gasteiger partial charge in [0.1, 0.15) is 17.3 Å². The summed E-state index contributed by atoms with van der Waals surface area (Å²) in [5.74, 6) is 1.23. The highest BCUT2D eigenvalue weighted by molar-refractivity contribution is 5.39. The molecule has 0 bridgehead atoms. The van der Waals surface area contributed by atoms with Gasteiger partial charge in [-0.2, -0.15) is 0 Å². The van der Waals surface area contributed by atoms with Gasteiger partial charge in [-0.15, -0.1) is 0 Å². The van der Waals surface area contributed by atoms with Gasteiger partial charge >= 0.3 is 0 Å². The maximum Gasteiger partial charge on any atom is 0.132 e. The molecule has 0 unspecified atom stereocenters. The average Bonchev–Trinajstić information content (AvgIpc) is 2.47. The van der Waals surface area contributed by atoms with Crippen molar-refractivity contribution in [3.05, 3.63) is 59.4 Å². The van der Waals surface area contributed by atoms with Crippen LogP contribution >= 0.6 is 0 Å². The van der Waals surface area contributed by atoms with Crippen LogP contribution in [0, 0.1) is 5.82 Å². The summed E-state index contributed by atoms with van der Waals surface area (Å²) in [5.41, 5.74) is 2.04. The van der Waals surface area contributed by atoms with Crippen molar-refractivity contribution in [2.45, 2.75) is 39.8 Å². The SMILES string of the molecule is CCc1cccc(Oc2ccc(F)cc2CNC(C)C)c1. The van der Waals surface area contributed by atoms with Crippen molar-refractivity contribution in [3.8, 4) is 11.5 Å². The third-order valence-corrected chi connectivity index (χ3v) is 3.26. The van der Waals surface area contributed by atoms with E-state index in [2.05, 4.69) is 32.2 Å². The van der Waals surface area contributed by atoms with Gasteiger partial charge in [-0.25, -0.2) is 4.39 Å². The van der Waals surface area contributed by atoms with Gasteiger partial charge in [0.05, 0.1) is 0 Å². The number of rotatable bonds is 6. The van der Waals surface area contributed by atoms with E-state index in [0.717, 1.165) is 17.7 Å². The van der Waals surface area contributed by atoms with E-state index in [0.29, 0.717) is 18.3 Å². The topological polar surface area (TPSA) is 21.3 Å². The summed E-state index contributed by atoms with van der Waals surface area (Å²) in [4.78, 5) is 0. The van der Waals surface area contributed by atoms with E-state index in [9.17, 15) is 4.39 Å². The number of ether oxygens (including phenoxy) is 1. The molecule has 0 saturated carbocycles. The fourth-order valence-corrected chi connectivity index (χ4v) is 2.06. The third kappa shape index (κ3) is 4.57. The number of nitrogens with one attached hydrogen (secondary N) is 1. The van der Waals surface area contributed by atoms with E-state index in [1.54, 1.807) is 6.07 Å². The van der Waals surface area contributed by atoms with Crippen molar-refractivity contribution < 1.29 is 9.13 Å². The zero-order valence-electron chi connectivity index (χ0n) is 12.8. The number of hydrogen-bond acceptors (Lipinski definition) is 2. The minimum absolute atomic E-state index is 0.245. The lowest BCUT2D eigenvalue weighted by atomic mass is 10.1. The molecule has 0 aliphatic heterocycles. The Bertz CT molecular complexity index is 596. The summed E-state index contributed by atoms with van der Waals surface area (Å²) in [7, 11) is 0. The number of benzene rings is 2. The minimum atomic E-state index is -0.245. The summed E-state index contributed by atoms with van der Waals surface area (Å²) < 4.78 is 19.4. The first-order chi connectivity index (χ1) is 10.1. The molecule has 0 spiro atoms. The van der Waals surface area contributed by atoms with Crippen molar-refractivity contribution in [2.24, 2.45) is 0 Å². The average molecular weight is 287 g/mol. The minimum Gasteiger partial charge on any atom is -0.457 e. The van der Waals surface area contributed by atoms with Crippen molar-refractivity contribution in [3.63, 3.8) is 0 Å². The van der Waals surface area contributed by atoms with Crippen molar-refractivity contribution >= 4 is 0 Å². The van der Waals surface area contributed by atoms with E-state index in [1.807, 2.05) is 18.2 Å². The third-order valence-electron chi connectivity index (χ3n) is 3.26. The molecule has 0 saturated heterocycles. The van der Waals surface area contributed by atoms with Crippen LogP contribution in [-0.4, -0.2) is 6.04 Å². The van der Waals surface area contributed by atoms with Crippen LogP contribution in [0.15, 0.2) is 42.5 Å². The molecule has 2 aromatic rings. The maximum atomic E-state index is 13.4. The van der Waals surface area contributed by atoms with E-state index in [1.165, 1.54) is 17.7 Å². The molecule has 21 heavy (non-hydrogen) atoms.